The number of amides is 2. The van der Waals surface area contributed by atoms with Gasteiger partial charge in [0, 0.05) is 24.9 Å². The Morgan fingerprint density at radius 1 is 1.00 bits per heavy atom. The Bertz CT molecular complexity index is 897. The van der Waals surface area contributed by atoms with Crippen LogP contribution in [-0.2, 0) is 14.3 Å². The number of alkyl carbamates (subject to hydrolysis) is 1. The highest BCUT2D eigenvalue weighted by atomic mass is 16.5. The molecule has 2 atom stereocenters. The van der Waals surface area contributed by atoms with Crippen molar-refractivity contribution in [2.75, 3.05) is 13.2 Å². The zero-order chi connectivity index (χ0) is 21.7. The highest BCUT2D eigenvalue weighted by Gasteiger charge is 2.29. The standard InChI is InChI=1S/C23H26N2O5/c1-14(22(27)28)12-24-21(26)11-15(2)25-23(29)30-13-20-18-9-5-3-7-16(18)17-8-4-6-10-19(17)20/h3-10,14-15,20H,11-13H2,1-2H3,(H,24,26)(H,25,29)(H,27,28). The highest BCUT2D eigenvalue weighted by Crippen LogP contribution is 2.44. The molecule has 0 bridgehead atoms. The number of carboxylic acids is 1. The molecule has 158 valence electrons. The number of fused-ring (bicyclic) bond motifs is 3. The van der Waals surface area contributed by atoms with Crippen molar-refractivity contribution in [1.29, 1.82) is 0 Å². The Labute approximate surface area is 175 Å². The largest absolute Gasteiger partial charge is 0.481 e. The lowest BCUT2D eigenvalue weighted by atomic mass is 9.98. The summed E-state index contributed by atoms with van der Waals surface area (Å²) in [6.07, 6.45) is -0.549. The van der Waals surface area contributed by atoms with Crippen LogP contribution >= 0.6 is 0 Å². The first-order valence-corrected chi connectivity index (χ1v) is 9.97. The molecule has 7 heteroatoms. The van der Waals surface area contributed by atoms with Crippen molar-refractivity contribution in [3.05, 3.63) is 59.7 Å². The van der Waals surface area contributed by atoms with Gasteiger partial charge in [-0.2, -0.15) is 0 Å². The second-order valence-electron chi connectivity index (χ2n) is 7.62. The third-order valence-electron chi connectivity index (χ3n) is 5.23. The molecule has 2 unspecified atom stereocenters. The summed E-state index contributed by atoms with van der Waals surface area (Å²) in [6.45, 7) is 3.46. The molecule has 7 nitrogen and oxygen atoms in total. The monoisotopic (exact) mass is 410 g/mol. The first-order chi connectivity index (χ1) is 14.4. The summed E-state index contributed by atoms with van der Waals surface area (Å²) in [4.78, 5) is 34.9. The van der Waals surface area contributed by atoms with Gasteiger partial charge in [0.15, 0.2) is 0 Å². The van der Waals surface area contributed by atoms with Crippen LogP contribution in [0.2, 0.25) is 0 Å². The lowest BCUT2D eigenvalue weighted by molar-refractivity contribution is -0.141. The van der Waals surface area contributed by atoms with Crippen LogP contribution in [-0.4, -0.2) is 42.3 Å². The number of ether oxygens (including phenoxy) is 1. The van der Waals surface area contributed by atoms with Gasteiger partial charge in [0.25, 0.3) is 0 Å². The molecule has 3 N–H and O–H groups in total. The predicted octanol–water partition coefficient (Wildman–Crippen LogP) is 3.14. The molecule has 0 saturated carbocycles. The van der Waals surface area contributed by atoms with E-state index in [9.17, 15) is 14.4 Å². The second kappa shape index (κ2) is 9.43. The fraction of sp³-hybridized carbons (Fsp3) is 0.348. The van der Waals surface area contributed by atoms with E-state index in [0.29, 0.717) is 0 Å². The van der Waals surface area contributed by atoms with Crippen molar-refractivity contribution in [1.82, 2.24) is 10.6 Å². The van der Waals surface area contributed by atoms with E-state index >= 15 is 0 Å². The van der Waals surface area contributed by atoms with Crippen LogP contribution in [0, 0.1) is 5.92 Å². The number of carbonyl (C=O) groups excluding carboxylic acids is 2. The van der Waals surface area contributed by atoms with Crippen molar-refractivity contribution >= 4 is 18.0 Å². The zero-order valence-electron chi connectivity index (χ0n) is 17.1. The molecule has 0 aliphatic heterocycles. The van der Waals surface area contributed by atoms with Crippen molar-refractivity contribution in [3.8, 4) is 11.1 Å². The molecule has 2 amide bonds. The number of hydrogen-bond acceptors (Lipinski definition) is 4. The Morgan fingerprint density at radius 3 is 2.13 bits per heavy atom. The lowest BCUT2D eigenvalue weighted by Crippen LogP contribution is -2.39. The van der Waals surface area contributed by atoms with E-state index in [2.05, 4.69) is 22.8 Å². The van der Waals surface area contributed by atoms with Crippen LogP contribution in [0.4, 0.5) is 4.79 Å². The first-order valence-electron chi connectivity index (χ1n) is 9.97. The van der Waals surface area contributed by atoms with Crippen molar-refractivity contribution in [2.24, 2.45) is 5.92 Å². The van der Waals surface area contributed by atoms with E-state index in [1.54, 1.807) is 6.92 Å². The van der Waals surface area contributed by atoms with Gasteiger partial charge >= 0.3 is 12.1 Å². The zero-order valence-corrected chi connectivity index (χ0v) is 17.1. The molecule has 0 aromatic heterocycles. The minimum atomic E-state index is -0.972. The maximum Gasteiger partial charge on any atom is 0.407 e. The number of hydrogen-bond donors (Lipinski definition) is 3. The molecule has 0 spiro atoms. The van der Waals surface area contributed by atoms with Crippen molar-refractivity contribution in [3.63, 3.8) is 0 Å². The summed E-state index contributed by atoms with van der Waals surface area (Å²) < 4.78 is 5.46. The third-order valence-corrected chi connectivity index (χ3v) is 5.23. The molecule has 0 heterocycles. The van der Waals surface area contributed by atoms with E-state index in [1.165, 1.54) is 6.92 Å². The fourth-order valence-corrected chi connectivity index (χ4v) is 3.60. The second-order valence-corrected chi connectivity index (χ2v) is 7.62. The minimum Gasteiger partial charge on any atom is -0.481 e. The van der Waals surface area contributed by atoms with Gasteiger partial charge in [-0.1, -0.05) is 55.5 Å². The first kappa shape index (κ1) is 21.4. The molecule has 0 fully saturated rings. The molecular formula is C23H26N2O5. The van der Waals surface area contributed by atoms with Crippen LogP contribution in [0.25, 0.3) is 11.1 Å². The number of carbonyl (C=O) groups is 3. The van der Waals surface area contributed by atoms with Crippen LogP contribution in [0.5, 0.6) is 0 Å². The number of benzene rings is 2. The molecule has 0 radical (unpaired) electrons. The van der Waals surface area contributed by atoms with Gasteiger partial charge in [-0.3, -0.25) is 9.59 Å². The normalized spacial score (nSPS) is 14.2. The van der Waals surface area contributed by atoms with E-state index in [4.69, 9.17) is 9.84 Å². The summed E-state index contributed by atoms with van der Waals surface area (Å²) in [5, 5.41) is 14.1. The number of carboxylic acid groups (broad SMARTS) is 1. The van der Waals surface area contributed by atoms with E-state index < -0.39 is 24.0 Å². The highest BCUT2D eigenvalue weighted by molar-refractivity contribution is 5.80. The molecule has 0 saturated heterocycles. The van der Waals surface area contributed by atoms with E-state index in [-0.39, 0.29) is 31.4 Å². The SMILES string of the molecule is CC(CC(=O)NCC(C)C(=O)O)NC(=O)OCC1c2ccccc2-c2ccccc21. The Morgan fingerprint density at radius 2 is 1.57 bits per heavy atom. The molecule has 30 heavy (non-hydrogen) atoms. The average molecular weight is 410 g/mol. The predicted molar refractivity (Wildman–Crippen MR) is 112 cm³/mol. The maximum absolute atomic E-state index is 12.2. The van der Waals surface area contributed by atoms with Gasteiger partial charge in [-0.25, -0.2) is 4.79 Å². The van der Waals surface area contributed by atoms with Crippen LogP contribution in [0.3, 0.4) is 0 Å². The van der Waals surface area contributed by atoms with Gasteiger partial charge in [-0.15, -0.1) is 0 Å². The Balaban J connectivity index is 1.50. The number of rotatable bonds is 8. The van der Waals surface area contributed by atoms with Crippen molar-refractivity contribution < 1.29 is 24.2 Å². The molecule has 2 aromatic carbocycles. The summed E-state index contributed by atoms with van der Waals surface area (Å²) in [5.41, 5.74) is 4.57. The van der Waals surface area contributed by atoms with Crippen molar-refractivity contribution in [2.45, 2.75) is 32.2 Å². The number of aliphatic carboxylic acids is 1. The van der Waals surface area contributed by atoms with Gasteiger partial charge in [0.05, 0.1) is 5.92 Å². The summed E-state index contributed by atoms with van der Waals surface area (Å²) in [6, 6.07) is 15.7. The van der Waals surface area contributed by atoms with Gasteiger partial charge < -0.3 is 20.5 Å². The molecule has 1 aliphatic carbocycles. The van der Waals surface area contributed by atoms with Gasteiger partial charge in [0.1, 0.15) is 6.61 Å². The average Bonchev–Trinajstić information content (AvgIpc) is 3.04. The fourth-order valence-electron chi connectivity index (χ4n) is 3.60. The quantitative estimate of drug-likeness (QED) is 0.620. The molecular weight excluding hydrogens is 384 g/mol. The van der Waals surface area contributed by atoms with Gasteiger partial charge in [0.2, 0.25) is 5.91 Å². The van der Waals surface area contributed by atoms with Crippen LogP contribution < -0.4 is 10.6 Å². The van der Waals surface area contributed by atoms with Crippen LogP contribution in [0.1, 0.15) is 37.3 Å². The lowest BCUT2D eigenvalue weighted by Gasteiger charge is -2.17. The number of nitrogens with one attached hydrogen (secondary N) is 2. The van der Waals surface area contributed by atoms with Crippen LogP contribution in [0.15, 0.2) is 48.5 Å². The smallest absolute Gasteiger partial charge is 0.407 e. The Hall–Kier alpha value is -3.35. The summed E-state index contributed by atoms with van der Waals surface area (Å²) in [5.74, 6) is -1.99. The van der Waals surface area contributed by atoms with E-state index in [1.807, 2.05) is 36.4 Å². The molecule has 2 aromatic rings. The minimum absolute atomic E-state index is 0.0285. The summed E-state index contributed by atoms with van der Waals surface area (Å²) >= 11 is 0. The van der Waals surface area contributed by atoms with Gasteiger partial charge in [-0.05, 0) is 29.2 Å². The third kappa shape index (κ3) is 4.97. The molecule has 3 rings (SSSR count). The topological polar surface area (TPSA) is 105 Å². The maximum atomic E-state index is 12.2. The summed E-state index contributed by atoms with van der Waals surface area (Å²) in [7, 11) is 0. The molecule has 1 aliphatic rings. The van der Waals surface area contributed by atoms with E-state index in [0.717, 1.165) is 22.3 Å². The Kier molecular flexibility index (Phi) is 6.72.